The maximum absolute atomic E-state index is 12.0. The van der Waals surface area contributed by atoms with Gasteiger partial charge in [0.1, 0.15) is 0 Å². The number of amides is 1. The molecular weight excluding hydrogens is 274 g/mol. The van der Waals surface area contributed by atoms with E-state index in [1.807, 2.05) is 24.3 Å². The molecule has 1 aliphatic carbocycles. The summed E-state index contributed by atoms with van der Waals surface area (Å²) in [5, 5.41) is -0.395. The molecule has 1 aliphatic rings. The van der Waals surface area contributed by atoms with Crippen LogP contribution in [-0.2, 0) is 27.7 Å². The summed E-state index contributed by atoms with van der Waals surface area (Å²) in [7, 11) is -3.49. The van der Waals surface area contributed by atoms with E-state index in [0.29, 0.717) is 12.8 Å². The molecular formula is C15H21NO3S. The largest absolute Gasteiger partial charge is 0.274 e. The third kappa shape index (κ3) is 3.82. The van der Waals surface area contributed by atoms with E-state index in [-0.39, 0.29) is 6.42 Å². The Balaban J connectivity index is 1.94. The SMILES string of the molecule is CCc1ccc(CC(=O)NS(=O)(=O)C2CCCC2)cc1. The van der Waals surface area contributed by atoms with Crippen molar-refractivity contribution < 1.29 is 13.2 Å². The number of benzene rings is 1. The fraction of sp³-hybridized carbons (Fsp3) is 0.533. The minimum atomic E-state index is -3.49. The van der Waals surface area contributed by atoms with Crippen molar-refractivity contribution in [1.29, 1.82) is 0 Å². The predicted octanol–water partition coefficient (Wildman–Crippen LogP) is 2.18. The van der Waals surface area contributed by atoms with Gasteiger partial charge < -0.3 is 0 Å². The summed E-state index contributed by atoms with van der Waals surface area (Å²) < 4.78 is 26.2. The molecule has 4 nitrogen and oxygen atoms in total. The first-order valence-corrected chi connectivity index (χ1v) is 8.68. The highest BCUT2D eigenvalue weighted by molar-refractivity contribution is 7.90. The molecule has 1 N–H and O–H groups in total. The zero-order chi connectivity index (χ0) is 14.6. The van der Waals surface area contributed by atoms with Gasteiger partial charge in [0.25, 0.3) is 0 Å². The molecule has 0 radical (unpaired) electrons. The van der Waals surface area contributed by atoms with Crippen LogP contribution in [0.25, 0.3) is 0 Å². The lowest BCUT2D eigenvalue weighted by Crippen LogP contribution is -2.38. The summed E-state index contributed by atoms with van der Waals surface area (Å²) in [5.41, 5.74) is 2.04. The normalized spacial score (nSPS) is 16.2. The average molecular weight is 295 g/mol. The topological polar surface area (TPSA) is 63.2 Å². The second-order valence-corrected chi connectivity index (χ2v) is 7.28. The number of aryl methyl sites for hydroxylation is 1. The van der Waals surface area contributed by atoms with Crippen molar-refractivity contribution in [3.8, 4) is 0 Å². The third-order valence-corrected chi connectivity index (χ3v) is 5.65. The lowest BCUT2D eigenvalue weighted by molar-refractivity contribution is -0.118. The number of nitrogens with one attached hydrogen (secondary N) is 1. The van der Waals surface area contributed by atoms with Crippen molar-refractivity contribution in [3.63, 3.8) is 0 Å². The minimum Gasteiger partial charge on any atom is -0.274 e. The molecule has 5 heteroatoms. The van der Waals surface area contributed by atoms with E-state index in [1.165, 1.54) is 5.56 Å². The van der Waals surface area contributed by atoms with Crippen molar-refractivity contribution in [3.05, 3.63) is 35.4 Å². The first kappa shape index (κ1) is 15.0. The summed E-state index contributed by atoms with van der Waals surface area (Å²) in [6, 6.07) is 7.68. The van der Waals surface area contributed by atoms with Crippen molar-refractivity contribution >= 4 is 15.9 Å². The molecule has 1 aromatic carbocycles. The molecule has 1 aromatic rings. The molecule has 0 spiro atoms. The molecule has 2 rings (SSSR count). The van der Waals surface area contributed by atoms with E-state index in [9.17, 15) is 13.2 Å². The fourth-order valence-corrected chi connectivity index (χ4v) is 4.07. The number of carbonyl (C=O) groups excluding carboxylic acids is 1. The van der Waals surface area contributed by atoms with Gasteiger partial charge in [0.15, 0.2) is 0 Å². The molecule has 1 amide bonds. The maximum atomic E-state index is 12.0. The Morgan fingerprint density at radius 2 is 1.70 bits per heavy atom. The van der Waals surface area contributed by atoms with Crippen LogP contribution in [0.4, 0.5) is 0 Å². The summed E-state index contributed by atoms with van der Waals surface area (Å²) in [4.78, 5) is 11.8. The lowest BCUT2D eigenvalue weighted by Gasteiger charge is -2.12. The molecule has 1 fully saturated rings. The Hall–Kier alpha value is -1.36. The van der Waals surface area contributed by atoms with Gasteiger partial charge in [0.05, 0.1) is 11.7 Å². The van der Waals surface area contributed by atoms with Crippen molar-refractivity contribution in [2.75, 3.05) is 0 Å². The number of rotatable bonds is 5. The molecule has 0 bridgehead atoms. The van der Waals surface area contributed by atoms with Crippen molar-refractivity contribution in [2.45, 2.75) is 50.7 Å². The first-order valence-electron chi connectivity index (χ1n) is 7.13. The monoisotopic (exact) mass is 295 g/mol. The standard InChI is InChI=1S/C15H21NO3S/c1-2-12-7-9-13(10-8-12)11-15(17)16-20(18,19)14-5-3-4-6-14/h7-10,14H,2-6,11H2,1H3,(H,16,17). The second-order valence-electron chi connectivity index (χ2n) is 5.32. The first-order chi connectivity index (χ1) is 9.51. The van der Waals surface area contributed by atoms with E-state index < -0.39 is 21.2 Å². The van der Waals surface area contributed by atoms with Crippen LogP contribution in [0.5, 0.6) is 0 Å². The molecule has 0 unspecified atom stereocenters. The predicted molar refractivity (Wildman–Crippen MR) is 78.8 cm³/mol. The van der Waals surface area contributed by atoms with E-state index in [1.54, 1.807) is 0 Å². The molecule has 0 aliphatic heterocycles. The van der Waals surface area contributed by atoms with Gasteiger partial charge in [-0.15, -0.1) is 0 Å². The molecule has 1 saturated carbocycles. The van der Waals surface area contributed by atoms with E-state index in [4.69, 9.17) is 0 Å². The van der Waals surface area contributed by atoms with Crippen LogP contribution < -0.4 is 4.72 Å². The quantitative estimate of drug-likeness (QED) is 0.905. The number of carbonyl (C=O) groups is 1. The third-order valence-electron chi connectivity index (χ3n) is 3.79. The number of hydrogen-bond donors (Lipinski definition) is 1. The van der Waals surface area contributed by atoms with Crippen LogP contribution in [-0.4, -0.2) is 19.6 Å². The lowest BCUT2D eigenvalue weighted by atomic mass is 10.1. The van der Waals surface area contributed by atoms with Crippen LogP contribution in [0.2, 0.25) is 0 Å². The number of hydrogen-bond acceptors (Lipinski definition) is 3. The van der Waals surface area contributed by atoms with E-state index >= 15 is 0 Å². The maximum Gasteiger partial charge on any atom is 0.237 e. The van der Waals surface area contributed by atoms with Crippen LogP contribution in [0.15, 0.2) is 24.3 Å². The Labute approximate surface area is 120 Å². The van der Waals surface area contributed by atoms with Gasteiger partial charge in [-0.3, -0.25) is 9.52 Å². The molecule has 20 heavy (non-hydrogen) atoms. The Morgan fingerprint density at radius 3 is 2.25 bits per heavy atom. The average Bonchev–Trinajstić information content (AvgIpc) is 2.93. The molecule has 0 aromatic heterocycles. The summed E-state index contributed by atoms with van der Waals surface area (Å²) in [6.07, 6.45) is 4.23. The van der Waals surface area contributed by atoms with Crippen molar-refractivity contribution in [2.24, 2.45) is 0 Å². The minimum absolute atomic E-state index is 0.107. The molecule has 0 saturated heterocycles. The summed E-state index contributed by atoms with van der Waals surface area (Å²) >= 11 is 0. The summed E-state index contributed by atoms with van der Waals surface area (Å²) in [5.74, 6) is -0.443. The zero-order valence-corrected chi connectivity index (χ0v) is 12.6. The number of sulfonamides is 1. The van der Waals surface area contributed by atoms with E-state index in [0.717, 1.165) is 24.8 Å². The van der Waals surface area contributed by atoms with Gasteiger partial charge >= 0.3 is 0 Å². The second kappa shape index (κ2) is 6.39. The molecule has 110 valence electrons. The highest BCUT2D eigenvalue weighted by atomic mass is 32.2. The Bertz CT molecular complexity index is 557. The molecule has 0 atom stereocenters. The fourth-order valence-electron chi connectivity index (χ4n) is 2.55. The highest BCUT2D eigenvalue weighted by Gasteiger charge is 2.29. The van der Waals surface area contributed by atoms with Gasteiger partial charge in [0, 0.05) is 0 Å². The van der Waals surface area contributed by atoms with Gasteiger partial charge in [-0.25, -0.2) is 8.42 Å². The van der Waals surface area contributed by atoms with Gasteiger partial charge in [-0.05, 0) is 30.4 Å². The van der Waals surface area contributed by atoms with Gasteiger partial charge in [-0.2, -0.15) is 0 Å². The Morgan fingerprint density at radius 1 is 1.15 bits per heavy atom. The summed E-state index contributed by atoms with van der Waals surface area (Å²) in [6.45, 7) is 2.07. The Kier molecular flexibility index (Phi) is 4.81. The van der Waals surface area contributed by atoms with E-state index in [2.05, 4.69) is 11.6 Å². The molecule has 0 heterocycles. The van der Waals surface area contributed by atoms with Crippen LogP contribution in [0.1, 0.15) is 43.7 Å². The van der Waals surface area contributed by atoms with Gasteiger partial charge in [0.2, 0.25) is 15.9 Å². The van der Waals surface area contributed by atoms with Gasteiger partial charge in [-0.1, -0.05) is 44.0 Å². The zero-order valence-electron chi connectivity index (χ0n) is 11.8. The highest BCUT2D eigenvalue weighted by Crippen LogP contribution is 2.23. The smallest absolute Gasteiger partial charge is 0.237 e. The van der Waals surface area contributed by atoms with Crippen molar-refractivity contribution in [1.82, 2.24) is 4.72 Å². The van der Waals surface area contributed by atoms with Crippen LogP contribution in [0.3, 0.4) is 0 Å². The van der Waals surface area contributed by atoms with Crippen LogP contribution >= 0.6 is 0 Å². The van der Waals surface area contributed by atoms with Crippen LogP contribution in [0, 0.1) is 0 Å².